The highest BCUT2D eigenvalue weighted by Gasteiger charge is 2.19. The maximum absolute atomic E-state index is 12.3. The van der Waals surface area contributed by atoms with Crippen LogP contribution in [-0.4, -0.2) is 36.2 Å². The lowest BCUT2D eigenvalue weighted by Gasteiger charge is -2.22. The summed E-state index contributed by atoms with van der Waals surface area (Å²) in [5.74, 6) is 1.67. The molecule has 2 amide bonds. The molecule has 2 aromatic rings. The molecule has 0 aliphatic heterocycles. The molecule has 1 aromatic carbocycles. The Morgan fingerprint density at radius 2 is 1.91 bits per heavy atom. The molecule has 0 atom stereocenters. The third kappa shape index (κ3) is 4.09. The van der Waals surface area contributed by atoms with Crippen LogP contribution in [0.2, 0.25) is 0 Å². The van der Waals surface area contributed by atoms with Gasteiger partial charge in [0.05, 0.1) is 12.8 Å². The molecular formula is C16H21N5O2. The van der Waals surface area contributed by atoms with Gasteiger partial charge in [0.2, 0.25) is 5.95 Å². The molecule has 0 saturated carbocycles. The van der Waals surface area contributed by atoms with E-state index in [-0.39, 0.29) is 12.1 Å². The van der Waals surface area contributed by atoms with Crippen LogP contribution in [0.15, 0.2) is 36.5 Å². The highest BCUT2D eigenvalue weighted by Crippen LogP contribution is 2.26. The number of nitrogens with one attached hydrogen (secondary N) is 2. The van der Waals surface area contributed by atoms with Gasteiger partial charge in [-0.3, -0.25) is 0 Å². The smallest absolute Gasteiger partial charge is 0.327 e. The Balaban J connectivity index is 2.40. The summed E-state index contributed by atoms with van der Waals surface area (Å²) >= 11 is 0. The average molecular weight is 315 g/mol. The highest BCUT2D eigenvalue weighted by atomic mass is 16.5. The fourth-order valence-corrected chi connectivity index (χ4v) is 2.00. The van der Waals surface area contributed by atoms with Crippen LogP contribution in [-0.2, 0) is 0 Å². The lowest BCUT2D eigenvalue weighted by molar-refractivity contribution is 0.250. The zero-order valence-corrected chi connectivity index (χ0v) is 13.7. The predicted molar refractivity (Wildman–Crippen MR) is 90.4 cm³/mol. The lowest BCUT2D eigenvalue weighted by atomic mass is 10.2. The van der Waals surface area contributed by atoms with E-state index in [1.54, 1.807) is 50.7 Å². The number of hydrogen-bond acceptors (Lipinski definition) is 5. The second-order valence-corrected chi connectivity index (χ2v) is 5.13. The Morgan fingerprint density at radius 3 is 2.48 bits per heavy atom. The van der Waals surface area contributed by atoms with Crippen molar-refractivity contribution in [2.75, 3.05) is 24.4 Å². The molecule has 0 saturated heterocycles. The van der Waals surface area contributed by atoms with Crippen molar-refractivity contribution in [3.63, 3.8) is 0 Å². The van der Waals surface area contributed by atoms with Crippen molar-refractivity contribution in [2.24, 2.45) is 0 Å². The Kier molecular flexibility index (Phi) is 5.35. The van der Waals surface area contributed by atoms with Gasteiger partial charge >= 0.3 is 6.03 Å². The van der Waals surface area contributed by atoms with E-state index in [0.29, 0.717) is 17.5 Å². The Bertz CT molecular complexity index is 658. The predicted octanol–water partition coefficient (Wildman–Crippen LogP) is 2.78. The zero-order valence-electron chi connectivity index (χ0n) is 13.7. The standard InChI is InChI=1S/C16H21N5O2/c1-11(2)19-15-18-10-9-14(20-15)21(16(22)17-3)12-5-7-13(23-4)8-6-12/h5-11H,1-4H3,(H,17,22)(H,18,19,20). The summed E-state index contributed by atoms with van der Waals surface area (Å²) in [6.45, 7) is 3.99. The van der Waals surface area contributed by atoms with Gasteiger partial charge in [0.15, 0.2) is 0 Å². The van der Waals surface area contributed by atoms with Gasteiger partial charge in [-0.1, -0.05) is 0 Å². The van der Waals surface area contributed by atoms with E-state index in [9.17, 15) is 4.79 Å². The van der Waals surface area contributed by atoms with Gasteiger partial charge < -0.3 is 15.4 Å². The summed E-state index contributed by atoms with van der Waals surface area (Å²) < 4.78 is 5.15. The summed E-state index contributed by atoms with van der Waals surface area (Å²) in [4.78, 5) is 22.4. The van der Waals surface area contributed by atoms with E-state index in [0.717, 1.165) is 5.75 Å². The minimum atomic E-state index is -0.288. The van der Waals surface area contributed by atoms with Gasteiger partial charge in [-0.25, -0.2) is 14.7 Å². The number of amides is 2. The summed E-state index contributed by atoms with van der Waals surface area (Å²) in [6.07, 6.45) is 1.62. The zero-order chi connectivity index (χ0) is 16.8. The number of nitrogens with zero attached hydrogens (tertiary/aromatic N) is 3. The maximum atomic E-state index is 12.3. The van der Waals surface area contributed by atoms with E-state index in [1.807, 2.05) is 13.8 Å². The fourth-order valence-electron chi connectivity index (χ4n) is 2.00. The van der Waals surface area contributed by atoms with Crippen LogP contribution in [0, 0.1) is 0 Å². The van der Waals surface area contributed by atoms with Crippen molar-refractivity contribution in [3.8, 4) is 5.75 Å². The molecule has 0 unspecified atom stereocenters. The first-order valence-electron chi connectivity index (χ1n) is 7.30. The van der Waals surface area contributed by atoms with Crippen molar-refractivity contribution in [1.29, 1.82) is 0 Å². The van der Waals surface area contributed by atoms with E-state index in [4.69, 9.17) is 4.74 Å². The summed E-state index contributed by atoms with van der Waals surface area (Å²) in [7, 11) is 3.17. The molecule has 7 heteroatoms. The first-order chi connectivity index (χ1) is 11.0. The van der Waals surface area contributed by atoms with Crippen molar-refractivity contribution in [1.82, 2.24) is 15.3 Å². The molecule has 0 spiro atoms. The molecule has 122 valence electrons. The number of benzene rings is 1. The van der Waals surface area contributed by atoms with E-state index >= 15 is 0 Å². The maximum Gasteiger partial charge on any atom is 0.327 e. The summed E-state index contributed by atoms with van der Waals surface area (Å²) in [6, 6.07) is 8.77. The molecular weight excluding hydrogens is 294 g/mol. The number of anilines is 3. The van der Waals surface area contributed by atoms with E-state index in [1.165, 1.54) is 4.90 Å². The van der Waals surface area contributed by atoms with Crippen LogP contribution in [0.4, 0.5) is 22.2 Å². The third-order valence-electron chi connectivity index (χ3n) is 3.04. The minimum Gasteiger partial charge on any atom is -0.497 e. The second-order valence-electron chi connectivity index (χ2n) is 5.13. The van der Waals surface area contributed by atoms with Crippen LogP contribution < -0.4 is 20.3 Å². The van der Waals surface area contributed by atoms with Crippen molar-refractivity contribution in [3.05, 3.63) is 36.5 Å². The molecule has 0 fully saturated rings. The van der Waals surface area contributed by atoms with Gasteiger partial charge in [-0.15, -0.1) is 0 Å². The molecule has 1 heterocycles. The number of urea groups is 1. The Hall–Kier alpha value is -2.83. The number of methoxy groups -OCH3 is 1. The van der Waals surface area contributed by atoms with E-state index in [2.05, 4.69) is 20.6 Å². The van der Waals surface area contributed by atoms with Gasteiger partial charge in [0.1, 0.15) is 11.6 Å². The second kappa shape index (κ2) is 7.44. The molecule has 2 N–H and O–H groups in total. The largest absolute Gasteiger partial charge is 0.497 e. The van der Waals surface area contributed by atoms with Crippen LogP contribution in [0.3, 0.4) is 0 Å². The topological polar surface area (TPSA) is 79.4 Å². The number of carbonyl (C=O) groups is 1. The SMILES string of the molecule is CNC(=O)N(c1ccc(OC)cc1)c1ccnc(NC(C)C)n1. The Labute approximate surface area is 135 Å². The quantitative estimate of drug-likeness (QED) is 0.887. The highest BCUT2D eigenvalue weighted by molar-refractivity contribution is 5.98. The normalized spacial score (nSPS) is 10.3. The van der Waals surface area contributed by atoms with Crippen molar-refractivity contribution in [2.45, 2.75) is 19.9 Å². The molecule has 7 nitrogen and oxygen atoms in total. The molecule has 23 heavy (non-hydrogen) atoms. The summed E-state index contributed by atoms with van der Waals surface area (Å²) in [5.41, 5.74) is 0.680. The first kappa shape index (κ1) is 16.5. The van der Waals surface area contributed by atoms with Crippen molar-refractivity contribution >= 4 is 23.5 Å². The average Bonchev–Trinajstić information content (AvgIpc) is 2.55. The van der Waals surface area contributed by atoms with Gasteiger partial charge in [-0.05, 0) is 38.1 Å². The molecule has 0 bridgehead atoms. The molecule has 2 rings (SSSR count). The Morgan fingerprint density at radius 1 is 1.22 bits per heavy atom. The lowest BCUT2D eigenvalue weighted by Crippen LogP contribution is -2.35. The van der Waals surface area contributed by atoms with Gasteiger partial charge in [0, 0.05) is 25.4 Å². The van der Waals surface area contributed by atoms with Gasteiger partial charge in [0.25, 0.3) is 0 Å². The molecule has 0 radical (unpaired) electrons. The first-order valence-corrected chi connectivity index (χ1v) is 7.30. The van der Waals surface area contributed by atoms with Crippen LogP contribution >= 0.6 is 0 Å². The fraction of sp³-hybridized carbons (Fsp3) is 0.312. The van der Waals surface area contributed by atoms with E-state index < -0.39 is 0 Å². The third-order valence-corrected chi connectivity index (χ3v) is 3.04. The van der Waals surface area contributed by atoms with Gasteiger partial charge in [-0.2, -0.15) is 4.98 Å². The van der Waals surface area contributed by atoms with Crippen molar-refractivity contribution < 1.29 is 9.53 Å². The number of aromatic nitrogens is 2. The molecule has 0 aliphatic rings. The number of hydrogen-bond donors (Lipinski definition) is 2. The molecule has 1 aromatic heterocycles. The number of carbonyl (C=O) groups excluding carboxylic acids is 1. The number of rotatable bonds is 5. The van der Waals surface area contributed by atoms with Crippen LogP contribution in [0.25, 0.3) is 0 Å². The monoisotopic (exact) mass is 315 g/mol. The molecule has 0 aliphatic carbocycles. The minimum absolute atomic E-state index is 0.194. The van der Waals surface area contributed by atoms with Crippen LogP contribution in [0.1, 0.15) is 13.8 Å². The summed E-state index contributed by atoms with van der Waals surface area (Å²) in [5, 5.41) is 5.75. The number of ether oxygens (including phenoxy) is 1. The van der Waals surface area contributed by atoms with Crippen LogP contribution in [0.5, 0.6) is 5.75 Å².